The Morgan fingerprint density at radius 1 is 1.00 bits per heavy atom. The first-order chi connectivity index (χ1) is 15.9. The molecule has 0 atom stereocenters. The second-order valence-corrected chi connectivity index (χ2v) is 7.38. The summed E-state index contributed by atoms with van der Waals surface area (Å²) in [5, 5.41) is 7.47. The minimum Gasteiger partial charge on any atom is -0.378 e. The smallest absolute Gasteiger partial charge is 0.378 e. The van der Waals surface area contributed by atoms with E-state index < -0.39 is 11.7 Å². The number of halogens is 4. The van der Waals surface area contributed by atoms with Crippen LogP contribution in [0.3, 0.4) is 0 Å². The molecule has 0 amide bonds. The van der Waals surface area contributed by atoms with Crippen LogP contribution in [0, 0.1) is 0 Å². The summed E-state index contributed by atoms with van der Waals surface area (Å²) in [5.74, 6) is 0.531. The van der Waals surface area contributed by atoms with Gasteiger partial charge in [0.05, 0.1) is 25.0 Å². The molecule has 8 nitrogen and oxygen atoms in total. The van der Waals surface area contributed by atoms with E-state index in [2.05, 4.69) is 30.8 Å². The minimum atomic E-state index is -4.46. The van der Waals surface area contributed by atoms with Crippen LogP contribution >= 0.6 is 11.6 Å². The van der Waals surface area contributed by atoms with Crippen molar-refractivity contribution in [3.63, 3.8) is 0 Å². The minimum absolute atomic E-state index is 0.0706. The molecule has 1 aliphatic rings. The van der Waals surface area contributed by atoms with Crippen LogP contribution in [-0.2, 0) is 10.9 Å². The molecule has 0 aliphatic carbocycles. The largest absolute Gasteiger partial charge is 0.416 e. The number of aromatic nitrogens is 3. The second kappa shape index (κ2) is 10.0. The third-order valence-corrected chi connectivity index (χ3v) is 4.98. The van der Waals surface area contributed by atoms with Crippen molar-refractivity contribution in [1.29, 1.82) is 0 Å². The molecule has 33 heavy (non-hydrogen) atoms. The third kappa shape index (κ3) is 6.08. The van der Waals surface area contributed by atoms with Gasteiger partial charge >= 0.3 is 6.18 Å². The Hall–Kier alpha value is -3.44. The standard InChI is InChI=1S/C21H19ClF3N7O/c22-17-7-2-1-4-14(17)13-26-31-19-28-18(29-20(30-19)32-8-10-33-11-9-32)27-16-6-3-5-15(12-16)21(23,24)25/h1-7,12-13H,8-11H2,(H2,27,28,29,30,31). The number of hydrogen-bond acceptors (Lipinski definition) is 8. The van der Waals surface area contributed by atoms with Gasteiger partial charge in [-0.25, -0.2) is 5.43 Å². The number of alkyl halides is 3. The molecule has 0 radical (unpaired) electrons. The Morgan fingerprint density at radius 3 is 2.52 bits per heavy atom. The summed E-state index contributed by atoms with van der Waals surface area (Å²) in [5.41, 5.74) is 2.83. The van der Waals surface area contributed by atoms with Crippen LogP contribution in [0.1, 0.15) is 11.1 Å². The first-order valence-electron chi connectivity index (χ1n) is 9.95. The van der Waals surface area contributed by atoms with E-state index in [1.807, 2.05) is 11.0 Å². The maximum Gasteiger partial charge on any atom is 0.416 e. The number of rotatable bonds is 6. The highest BCUT2D eigenvalue weighted by Gasteiger charge is 2.30. The normalized spacial score (nSPS) is 14.5. The fourth-order valence-electron chi connectivity index (χ4n) is 3.02. The summed E-state index contributed by atoms with van der Waals surface area (Å²) in [6.45, 7) is 2.15. The Balaban J connectivity index is 1.60. The first-order valence-corrected chi connectivity index (χ1v) is 10.3. The Kier molecular flexibility index (Phi) is 6.90. The molecular weight excluding hydrogens is 459 g/mol. The topological polar surface area (TPSA) is 87.6 Å². The van der Waals surface area contributed by atoms with Crippen LogP contribution in [0.4, 0.5) is 36.7 Å². The Labute approximate surface area is 192 Å². The zero-order chi connectivity index (χ0) is 23.3. The van der Waals surface area contributed by atoms with E-state index in [4.69, 9.17) is 16.3 Å². The van der Waals surface area contributed by atoms with Crippen LogP contribution in [0.25, 0.3) is 0 Å². The van der Waals surface area contributed by atoms with E-state index in [1.54, 1.807) is 18.2 Å². The van der Waals surface area contributed by atoms with Gasteiger partial charge in [-0.05, 0) is 24.3 Å². The highest BCUT2D eigenvalue weighted by molar-refractivity contribution is 6.33. The second-order valence-electron chi connectivity index (χ2n) is 6.98. The molecule has 1 aromatic heterocycles. The van der Waals surface area contributed by atoms with Gasteiger partial charge < -0.3 is 15.0 Å². The molecule has 0 spiro atoms. The number of nitrogens with one attached hydrogen (secondary N) is 2. The molecule has 3 aromatic rings. The van der Waals surface area contributed by atoms with Gasteiger partial charge in [0.25, 0.3) is 0 Å². The molecule has 1 saturated heterocycles. The zero-order valence-corrected chi connectivity index (χ0v) is 17.9. The van der Waals surface area contributed by atoms with E-state index in [-0.39, 0.29) is 17.6 Å². The van der Waals surface area contributed by atoms with Crippen molar-refractivity contribution in [2.75, 3.05) is 41.9 Å². The van der Waals surface area contributed by atoms with Gasteiger partial charge in [-0.15, -0.1) is 0 Å². The van der Waals surface area contributed by atoms with Gasteiger partial charge in [0, 0.05) is 29.4 Å². The van der Waals surface area contributed by atoms with Crippen LogP contribution in [0.5, 0.6) is 0 Å². The summed E-state index contributed by atoms with van der Waals surface area (Å²) >= 11 is 6.12. The number of hydrazone groups is 1. The summed E-state index contributed by atoms with van der Waals surface area (Å²) in [4.78, 5) is 14.9. The molecule has 0 unspecified atom stereocenters. The fraction of sp³-hybridized carbons (Fsp3) is 0.238. The molecule has 1 fully saturated rings. The van der Waals surface area contributed by atoms with Crippen LogP contribution in [0.2, 0.25) is 5.02 Å². The maximum atomic E-state index is 13.1. The molecule has 2 N–H and O–H groups in total. The first kappa shape index (κ1) is 22.7. The monoisotopic (exact) mass is 477 g/mol. The van der Waals surface area contributed by atoms with Crippen molar-refractivity contribution < 1.29 is 17.9 Å². The number of ether oxygens (including phenoxy) is 1. The Morgan fingerprint density at radius 2 is 1.76 bits per heavy atom. The van der Waals surface area contributed by atoms with Crippen LogP contribution in [-0.4, -0.2) is 47.5 Å². The van der Waals surface area contributed by atoms with Crippen molar-refractivity contribution in [1.82, 2.24) is 15.0 Å². The van der Waals surface area contributed by atoms with Crippen molar-refractivity contribution in [3.05, 3.63) is 64.7 Å². The van der Waals surface area contributed by atoms with Crippen molar-refractivity contribution in [2.24, 2.45) is 5.10 Å². The molecule has 172 valence electrons. The third-order valence-electron chi connectivity index (χ3n) is 4.64. The molecule has 2 heterocycles. The van der Waals surface area contributed by atoms with E-state index in [0.717, 1.165) is 12.1 Å². The average molecular weight is 478 g/mol. The van der Waals surface area contributed by atoms with Crippen molar-refractivity contribution >= 4 is 41.3 Å². The quantitative estimate of drug-likeness (QED) is 0.397. The number of hydrogen-bond donors (Lipinski definition) is 2. The number of anilines is 4. The van der Waals surface area contributed by atoms with E-state index in [0.29, 0.717) is 42.8 Å². The lowest BCUT2D eigenvalue weighted by molar-refractivity contribution is -0.137. The highest BCUT2D eigenvalue weighted by Crippen LogP contribution is 2.31. The van der Waals surface area contributed by atoms with E-state index in [1.165, 1.54) is 18.3 Å². The van der Waals surface area contributed by atoms with E-state index >= 15 is 0 Å². The zero-order valence-electron chi connectivity index (χ0n) is 17.2. The Bertz CT molecular complexity index is 1140. The van der Waals surface area contributed by atoms with Gasteiger partial charge in [0.15, 0.2) is 0 Å². The molecule has 4 rings (SSSR count). The summed E-state index contributed by atoms with van der Waals surface area (Å²) in [6, 6.07) is 11.9. The molecule has 0 saturated carbocycles. The lowest BCUT2D eigenvalue weighted by Crippen LogP contribution is -2.37. The highest BCUT2D eigenvalue weighted by atomic mass is 35.5. The van der Waals surface area contributed by atoms with Gasteiger partial charge in [-0.2, -0.15) is 33.2 Å². The predicted molar refractivity (Wildman–Crippen MR) is 120 cm³/mol. The van der Waals surface area contributed by atoms with Crippen molar-refractivity contribution in [2.45, 2.75) is 6.18 Å². The average Bonchev–Trinajstić information content (AvgIpc) is 2.80. The van der Waals surface area contributed by atoms with E-state index in [9.17, 15) is 13.2 Å². The summed E-state index contributed by atoms with van der Waals surface area (Å²) in [7, 11) is 0. The van der Waals surface area contributed by atoms with Gasteiger partial charge in [0.1, 0.15) is 0 Å². The summed E-state index contributed by atoms with van der Waals surface area (Å²) in [6.07, 6.45) is -2.95. The number of nitrogens with zero attached hydrogens (tertiary/aromatic N) is 5. The maximum absolute atomic E-state index is 13.1. The van der Waals surface area contributed by atoms with Gasteiger partial charge in [0.2, 0.25) is 17.8 Å². The number of morpholine rings is 1. The predicted octanol–water partition coefficient (Wildman–Crippen LogP) is 4.57. The molecule has 12 heteroatoms. The SMILES string of the molecule is FC(F)(F)c1cccc(Nc2nc(NN=Cc3ccccc3Cl)nc(N3CCOCC3)n2)c1. The summed E-state index contributed by atoms with van der Waals surface area (Å²) < 4.78 is 44.5. The van der Waals surface area contributed by atoms with Crippen molar-refractivity contribution in [3.8, 4) is 0 Å². The fourth-order valence-corrected chi connectivity index (χ4v) is 3.20. The van der Waals surface area contributed by atoms with Crippen LogP contribution in [0.15, 0.2) is 53.6 Å². The lowest BCUT2D eigenvalue weighted by Gasteiger charge is -2.27. The number of benzene rings is 2. The van der Waals surface area contributed by atoms with Gasteiger partial charge in [-0.1, -0.05) is 35.9 Å². The lowest BCUT2D eigenvalue weighted by atomic mass is 10.2. The molecule has 1 aliphatic heterocycles. The molecule has 2 aromatic carbocycles. The molecular formula is C21H19ClF3N7O. The molecule has 0 bridgehead atoms. The van der Waals surface area contributed by atoms with Gasteiger partial charge in [-0.3, -0.25) is 0 Å². The van der Waals surface area contributed by atoms with Crippen LogP contribution < -0.4 is 15.6 Å².